The maximum atomic E-state index is 12.1. The molecule has 0 aromatic heterocycles. The molecule has 4 nitrogen and oxygen atoms in total. The number of hydrogen-bond acceptors (Lipinski definition) is 3. The Hall–Kier alpha value is -1.55. The monoisotopic (exact) mass is 250 g/mol. The van der Waals surface area contributed by atoms with Gasteiger partial charge in [0.15, 0.2) is 0 Å². The number of hydrogen-bond donors (Lipinski definition) is 2. The van der Waals surface area contributed by atoms with Crippen molar-refractivity contribution in [2.45, 2.75) is 39.2 Å². The lowest BCUT2D eigenvalue weighted by molar-refractivity contribution is -0.120. The summed E-state index contributed by atoms with van der Waals surface area (Å²) in [6.07, 6.45) is 1.51. The Kier molecular flexibility index (Phi) is 4.73. The number of nitrogens with two attached hydrogens (primary N) is 1. The first-order chi connectivity index (χ1) is 8.40. The molecule has 1 atom stereocenters. The zero-order chi connectivity index (χ0) is 13.8. The molecule has 3 N–H and O–H groups in total. The third kappa shape index (κ3) is 3.47. The lowest BCUT2D eigenvalue weighted by Gasteiger charge is -2.23. The molecule has 0 spiro atoms. The molecular weight excluding hydrogens is 228 g/mol. The Morgan fingerprint density at radius 3 is 2.72 bits per heavy atom. The number of carbonyl (C=O) groups is 1. The highest BCUT2D eigenvalue weighted by Gasteiger charge is 2.27. The molecule has 18 heavy (non-hydrogen) atoms. The van der Waals surface area contributed by atoms with E-state index in [2.05, 4.69) is 5.32 Å². The third-order valence-corrected chi connectivity index (χ3v) is 2.89. The van der Waals surface area contributed by atoms with Gasteiger partial charge in [-0.25, -0.2) is 0 Å². The summed E-state index contributed by atoms with van der Waals surface area (Å²) in [5, 5.41) is 2.82. The van der Waals surface area contributed by atoms with E-state index in [-0.39, 0.29) is 5.91 Å². The molecule has 0 aliphatic rings. The smallest absolute Gasteiger partial charge is 0.244 e. The largest absolute Gasteiger partial charge is 0.495 e. The van der Waals surface area contributed by atoms with Crippen LogP contribution < -0.4 is 15.8 Å². The molecule has 0 fully saturated rings. The molecule has 100 valence electrons. The van der Waals surface area contributed by atoms with E-state index in [9.17, 15) is 4.79 Å². The van der Waals surface area contributed by atoms with E-state index in [4.69, 9.17) is 10.5 Å². The quantitative estimate of drug-likeness (QED) is 0.843. The molecule has 1 aromatic carbocycles. The zero-order valence-electron chi connectivity index (χ0n) is 11.5. The Labute approximate surface area is 109 Å². The number of anilines is 1. The van der Waals surface area contributed by atoms with Crippen LogP contribution in [0.5, 0.6) is 5.75 Å². The normalized spacial score (nSPS) is 13.8. The fourth-order valence-corrected chi connectivity index (χ4v) is 1.80. The number of methoxy groups -OCH3 is 1. The predicted molar refractivity (Wildman–Crippen MR) is 73.9 cm³/mol. The summed E-state index contributed by atoms with van der Waals surface area (Å²) in [6, 6.07) is 5.63. The summed E-state index contributed by atoms with van der Waals surface area (Å²) >= 11 is 0. The number of carbonyl (C=O) groups excluding carboxylic acids is 1. The van der Waals surface area contributed by atoms with Crippen molar-refractivity contribution in [1.29, 1.82) is 0 Å². The second-order valence-corrected chi connectivity index (χ2v) is 4.83. The van der Waals surface area contributed by atoms with Crippen LogP contribution in [0.2, 0.25) is 0 Å². The van der Waals surface area contributed by atoms with Crippen LogP contribution in [0.15, 0.2) is 18.2 Å². The SMILES string of the molecule is CCCC(C)(N)C(=O)Nc1ccc(C)cc1OC. The second-order valence-electron chi connectivity index (χ2n) is 4.83. The summed E-state index contributed by atoms with van der Waals surface area (Å²) in [7, 11) is 1.58. The minimum Gasteiger partial charge on any atom is -0.495 e. The lowest BCUT2D eigenvalue weighted by Crippen LogP contribution is -2.48. The van der Waals surface area contributed by atoms with Gasteiger partial charge in [0.2, 0.25) is 5.91 Å². The minimum absolute atomic E-state index is 0.188. The first kappa shape index (κ1) is 14.5. The van der Waals surface area contributed by atoms with Gasteiger partial charge in [-0.3, -0.25) is 4.79 Å². The van der Waals surface area contributed by atoms with E-state index < -0.39 is 5.54 Å². The van der Waals surface area contributed by atoms with Crippen molar-refractivity contribution in [2.24, 2.45) is 5.73 Å². The average molecular weight is 250 g/mol. The van der Waals surface area contributed by atoms with Crippen LogP contribution in [-0.4, -0.2) is 18.6 Å². The van der Waals surface area contributed by atoms with Crippen molar-refractivity contribution >= 4 is 11.6 Å². The highest BCUT2D eigenvalue weighted by molar-refractivity contribution is 5.98. The van der Waals surface area contributed by atoms with Gasteiger partial charge in [-0.05, 0) is 38.0 Å². The van der Waals surface area contributed by atoms with Gasteiger partial charge in [-0.2, -0.15) is 0 Å². The molecule has 0 saturated heterocycles. The highest BCUT2D eigenvalue weighted by Crippen LogP contribution is 2.26. The maximum absolute atomic E-state index is 12.1. The number of rotatable bonds is 5. The fraction of sp³-hybridized carbons (Fsp3) is 0.500. The van der Waals surface area contributed by atoms with Crippen LogP contribution in [0, 0.1) is 6.92 Å². The summed E-state index contributed by atoms with van der Waals surface area (Å²) in [5.74, 6) is 0.460. The van der Waals surface area contributed by atoms with E-state index in [0.29, 0.717) is 17.9 Å². The number of ether oxygens (including phenoxy) is 1. The lowest BCUT2D eigenvalue weighted by atomic mass is 9.96. The molecule has 1 rings (SSSR count). The molecule has 0 bridgehead atoms. The van der Waals surface area contributed by atoms with Crippen LogP contribution in [0.4, 0.5) is 5.69 Å². The Morgan fingerprint density at radius 2 is 2.17 bits per heavy atom. The molecule has 4 heteroatoms. The van der Waals surface area contributed by atoms with Crippen molar-refractivity contribution in [3.05, 3.63) is 23.8 Å². The van der Waals surface area contributed by atoms with Gasteiger partial charge < -0.3 is 15.8 Å². The van der Waals surface area contributed by atoms with Gasteiger partial charge in [-0.1, -0.05) is 19.4 Å². The molecule has 0 heterocycles. The van der Waals surface area contributed by atoms with Gasteiger partial charge >= 0.3 is 0 Å². The summed E-state index contributed by atoms with van der Waals surface area (Å²) in [4.78, 5) is 12.1. The van der Waals surface area contributed by atoms with Crippen LogP contribution in [0.1, 0.15) is 32.3 Å². The molecule has 1 aromatic rings. The zero-order valence-corrected chi connectivity index (χ0v) is 11.5. The number of amides is 1. The Morgan fingerprint density at radius 1 is 1.50 bits per heavy atom. The van der Waals surface area contributed by atoms with Crippen molar-refractivity contribution < 1.29 is 9.53 Å². The topological polar surface area (TPSA) is 64.4 Å². The number of nitrogens with one attached hydrogen (secondary N) is 1. The first-order valence-electron chi connectivity index (χ1n) is 6.15. The molecule has 0 aliphatic carbocycles. The Balaban J connectivity index is 2.88. The fourth-order valence-electron chi connectivity index (χ4n) is 1.80. The molecule has 1 unspecified atom stereocenters. The average Bonchev–Trinajstić information content (AvgIpc) is 2.31. The Bertz CT molecular complexity index is 428. The van der Waals surface area contributed by atoms with Crippen LogP contribution in [0.25, 0.3) is 0 Å². The summed E-state index contributed by atoms with van der Waals surface area (Å²) in [6.45, 7) is 5.72. The van der Waals surface area contributed by atoms with Crippen LogP contribution in [0.3, 0.4) is 0 Å². The molecule has 0 saturated carbocycles. The third-order valence-electron chi connectivity index (χ3n) is 2.89. The van der Waals surface area contributed by atoms with Crippen molar-refractivity contribution in [2.75, 3.05) is 12.4 Å². The summed E-state index contributed by atoms with van der Waals surface area (Å²) < 4.78 is 5.24. The second kappa shape index (κ2) is 5.87. The standard InChI is InChI=1S/C14H22N2O2/c1-5-8-14(3,15)13(17)16-11-7-6-10(2)9-12(11)18-4/h6-7,9H,5,8,15H2,1-4H3,(H,16,17). The first-order valence-corrected chi connectivity index (χ1v) is 6.15. The van der Waals surface area contributed by atoms with E-state index in [1.165, 1.54) is 0 Å². The van der Waals surface area contributed by atoms with E-state index in [1.54, 1.807) is 14.0 Å². The van der Waals surface area contributed by atoms with E-state index >= 15 is 0 Å². The van der Waals surface area contributed by atoms with Gasteiger partial charge in [-0.15, -0.1) is 0 Å². The molecule has 0 aliphatic heterocycles. The van der Waals surface area contributed by atoms with Gasteiger partial charge in [0, 0.05) is 0 Å². The molecule has 1 amide bonds. The highest BCUT2D eigenvalue weighted by atomic mass is 16.5. The molecule has 0 radical (unpaired) electrons. The van der Waals surface area contributed by atoms with Crippen LogP contribution in [-0.2, 0) is 4.79 Å². The van der Waals surface area contributed by atoms with Crippen LogP contribution >= 0.6 is 0 Å². The van der Waals surface area contributed by atoms with E-state index in [1.807, 2.05) is 32.0 Å². The maximum Gasteiger partial charge on any atom is 0.244 e. The predicted octanol–water partition coefficient (Wildman–Crippen LogP) is 2.46. The summed E-state index contributed by atoms with van der Waals surface area (Å²) in [5.41, 5.74) is 6.86. The van der Waals surface area contributed by atoms with Gasteiger partial charge in [0.1, 0.15) is 5.75 Å². The molecular formula is C14H22N2O2. The van der Waals surface area contributed by atoms with Gasteiger partial charge in [0.25, 0.3) is 0 Å². The van der Waals surface area contributed by atoms with E-state index in [0.717, 1.165) is 12.0 Å². The number of benzene rings is 1. The number of aryl methyl sites for hydroxylation is 1. The van der Waals surface area contributed by atoms with Gasteiger partial charge in [0.05, 0.1) is 18.3 Å². The van der Waals surface area contributed by atoms with Crippen molar-refractivity contribution in [3.63, 3.8) is 0 Å². The van der Waals surface area contributed by atoms with Crippen molar-refractivity contribution in [1.82, 2.24) is 0 Å². The minimum atomic E-state index is -0.857. The van der Waals surface area contributed by atoms with Crippen molar-refractivity contribution in [3.8, 4) is 5.75 Å².